The minimum absolute atomic E-state index is 0.101. The number of hydrogen-bond acceptors (Lipinski definition) is 15. The molecule has 3 N–H and O–H groups in total. The highest BCUT2D eigenvalue weighted by Crippen LogP contribution is 2.45. The van der Waals surface area contributed by atoms with E-state index in [1.807, 2.05) is 0 Å². The highest BCUT2D eigenvalue weighted by Gasteiger charge is 2.30. The lowest BCUT2D eigenvalue weighted by atomic mass is 9.99. The van der Waals surface area contributed by atoms with E-state index in [2.05, 4.69) is 55.4 Å². The second kappa shape index (κ2) is 58.8. The summed E-state index contributed by atoms with van der Waals surface area (Å²) in [4.78, 5) is 72.4. The molecule has 88 heavy (non-hydrogen) atoms. The molecule has 0 saturated carbocycles. The Kier molecular flexibility index (Phi) is 57.6. The SMILES string of the molecule is CCC(C)CCCCCCCCCCCCC(=O)OC[C@H](COP(=O)(O)OC[C@@H](O)COP(=O)(O)OC[C@@H](COC(=O)CCCCCCCCC(C)CC)OC(=O)CCCCCCCCCCCCCCC(C)C)OC(=O)CCCCCCCCC(C)C. The first-order valence-corrected chi connectivity index (χ1v) is 38.8. The summed E-state index contributed by atoms with van der Waals surface area (Å²) < 4.78 is 68.2. The Labute approximate surface area is 537 Å². The van der Waals surface area contributed by atoms with Crippen molar-refractivity contribution in [3.63, 3.8) is 0 Å². The van der Waals surface area contributed by atoms with Gasteiger partial charge < -0.3 is 33.8 Å². The number of ether oxygens (including phenoxy) is 4. The predicted octanol–water partition coefficient (Wildman–Crippen LogP) is 19.3. The molecule has 0 spiro atoms. The molecule has 0 aliphatic rings. The summed E-state index contributed by atoms with van der Waals surface area (Å²) in [6.07, 6.45) is 40.4. The number of carbonyl (C=O) groups excluding carboxylic acids is 4. The van der Waals surface area contributed by atoms with Crippen LogP contribution in [0.3, 0.4) is 0 Å². The normalized spacial score (nSPS) is 14.9. The smallest absolute Gasteiger partial charge is 0.462 e. The fourth-order valence-corrected chi connectivity index (χ4v) is 11.8. The minimum Gasteiger partial charge on any atom is -0.462 e. The molecule has 0 aromatic heterocycles. The number of phosphoric acid groups is 2. The molecule has 19 heteroatoms. The lowest BCUT2D eigenvalue weighted by Crippen LogP contribution is -2.30. The van der Waals surface area contributed by atoms with Gasteiger partial charge in [0, 0.05) is 25.7 Å². The van der Waals surface area contributed by atoms with Gasteiger partial charge in [-0.1, -0.05) is 287 Å². The number of rotatable bonds is 66. The van der Waals surface area contributed by atoms with E-state index in [0.29, 0.717) is 31.6 Å². The van der Waals surface area contributed by atoms with Gasteiger partial charge in [0.2, 0.25) is 0 Å². The standard InChI is InChI=1S/C69H134O17P2/c1-9-61(7)47-39-31-22-18-15-16-19-23-33-41-49-66(71)79-55-65(86-69(74)52-44-36-27-25-30-38-46-60(5)6)58-84-88(77,78)82-54-63(70)53-81-87(75,76)83-57-64(56-80-67(72)50-42-34-28-26-32-40-48-62(8)10-2)85-68(73)51-43-35-24-20-14-12-11-13-17-21-29-37-45-59(3)4/h59-65,70H,9-58H2,1-8H3,(H,75,76)(H,77,78)/t61?,62?,63-,64+,65+/m0/s1. The van der Waals surface area contributed by atoms with Crippen LogP contribution in [0.2, 0.25) is 0 Å². The van der Waals surface area contributed by atoms with Gasteiger partial charge in [-0.05, 0) is 49.4 Å². The molecule has 7 atom stereocenters. The van der Waals surface area contributed by atoms with Crippen LogP contribution in [0.4, 0.5) is 0 Å². The minimum atomic E-state index is -4.95. The molecule has 0 heterocycles. The first-order chi connectivity index (χ1) is 42.2. The average Bonchev–Trinajstić information content (AvgIpc) is 3.59. The molecule has 0 bridgehead atoms. The van der Waals surface area contributed by atoms with Crippen LogP contribution >= 0.6 is 15.6 Å². The number of unbranched alkanes of at least 4 members (excludes halogenated alkanes) is 30. The highest BCUT2D eigenvalue weighted by atomic mass is 31.2. The van der Waals surface area contributed by atoms with Crippen molar-refractivity contribution in [2.24, 2.45) is 23.7 Å². The molecule has 0 aromatic carbocycles. The molecular formula is C69H134O17P2. The van der Waals surface area contributed by atoms with Crippen LogP contribution < -0.4 is 0 Å². The summed E-state index contributed by atoms with van der Waals surface area (Å²) in [5.74, 6) is 0.851. The molecule has 4 unspecified atom stereocenters. The molecule has 0 saturated heterocycles. The van der Waals surface area contributed by atoms with Crippen LogP contribution in [0.5, 0.6) is 0 Å². The zero-order valence-corrected chi connectivity index (χ0v) is 59.1. The van der Waals surface area contributed by atoms with Crippen LogP contribution in [0.1, 0.15) is 338 Å². The van der Waals surface area contributed by atoms with Gasteiger partial charge in [0.05, 0.1) is 26.4 Å². The van der Waals surface area contributed by atoms with Gasteiger partial charge in [-0.3, -0.25) is 37.3 Å². The largest absolute Gasteiger partial charge is 0.472 e. The number of carbonyl (C=O) groups is 4. The Bertz CT molecular complexity index is 1750. The Balaban J connectivity index is 5.23. The average molecular weight is 1300 g/mol. The number of hydrogen-bond donors (Lipinski definition) is 3. The number of esters is 4. The Hall–Kier alpha value is -1.94. The quantitative estimate of drug-likeness (QED) is 0.0222. The Morgan fingerprint density at radius 1 is 0.318 bits per heavy atom. The van der Waals surface area contributed by atoms with Crippen LogP contribution in [0.15, 0.2) is 0 Å². The topological polar surface area (TPSA) is 237 Å². The fourth-order valence-electron chi connectivity index (χ4n) is 10.2. The Morgan fingerprint density at radius 2 is 0.545 bits per heavy atom. The molecule has 0 amide bonds. The summed E-state index contributed by atoms with van der Waals surface area (Å²) >= 11 is 0. The number of phosphoric ester groups is 2. The van der Waals surface area contributed by atoms with Gasteiger partial charge in [-0.25, -0.2) is 9.13 Å². The van der Waals surface area contributed by atoms with E-state index >= 15 is 0 Å². The van der Waals surface area contributed by atoms with Gasteiger partial charge in [-0.2, -0.15) is 0 Å². The molecule has 17 nitrogen and oxygen atoms in total. The summed E-state index contributed by atoms with van der Waals surface area (Å²) in [6, 6.07) is 0. The molecule has 0 fully saturated rings. The predicted molar refractivity (Wildman–Crippen MR) is 354 cm³/mol. The van der Waals surface area contributed by atoms with E-state index in [4.69, 9.17) is 37.0 Å². The van der Waals surface area contributed by atoms with Crippen molar-refractivity contribution in [3.05, 3.63) is 0 Å². The van der Waals surface area contributed by atoms with Crippen LogP contribution in [-0.4, -0.2) is 96.7 Å². The summed E-state index contributed by atoms with van der Waals surface area (Å²) in [5, 5.41) is 10.6. The highest BCUT2D eigenvalue weighted by molar-refractivity contribution is 7.47. The third-order valence-corrected chi connectivity index (χ3v) is 18.4. The molecule has 522 valence electrons. The van der Waals surface area contributed by atoms with Gasteiger partial charge in [0.15, 0.2) is 12.2 Å². The van der Waals surface area contributed by atoms with Crippen LogP contribution in [0.25, 0.3) is 0 Å². The zero-order chi connectivity index (χ0) is 65.4. The van der Waals surface area contributed by atoms with E-state index in [1.54, 1.807) is 0 Å². The third kappa shape index (κ3) is 60.3. The Morgan fingerprint density at radius 3 is 0.807 bits per heavy atom. The van der Waals surface area contributed by atoms with Crippen molar-refractivity contribution in [2.75, 3.05) is 39.6 Å². The summed E-state index contributed by atoms with van der Waals surface area (Å²) in [6.45, 7) is 14.0. The van der Waals surface area contributed by atoms with Gasteiger partial charge in [0.25, 0.3) is 0 Å². The maximum absolute atomic E-state index is 13.0. The number of aliphatic hydroxyl groups excluding tert-OH is 1. The number of aliphatic hydroxyl groups is 1. The van der Waals surface area contributed by atoms with E-state index in [9.17, 15) is 43.2 Å². The van der Waals surface area contributed by atoms with E-state index in [-0.39, 0.29) is 25.7 Å². The van der Waals surface area contributed by atoms with E-state index < -0.39 is 97.5 Å². The van der Waals surface area contributed by atoms with Crippen molar-refractivity contribution < 1.29 is 80.2 Å². The third-order valence-electron chi connectivity index (χ3n) is 16.5. The van der Waals surface area contributed by atoms with Gasteiger partial charge >= 0.3 is 39.5 Å². The molecular weight excluding hydrogens is 1160 g/mol. The molecule has 0 rings (SSSR count). The van der Waals surface area contributed by atoms with Crippen molar-refractivity contribution in [2.45, 2.75) is 356 Å². The van der Waals surface area contributed by atoms with Crippen molar-refractivity contribution >= 4 is 39.5 Å². The zero-order valence-electron chi connectivity index (χ0n) is 57.3. The first kappa shape index (κ1) is 86.1. The van der Waals surface area contributed by atoms with Crippen LogP contribution in [-0.2, 0) is 65.4 Å². The van der Waals surface area contributed by atoms with E-state index in [1.165, 1.54) is 135 Å². The van der Waals surface area contributed by atoms with Crippen LogP contribution in [0, 0.1) is 23.7 Å². The van der Waals surface area contributed by atoms with Crippen molar-refractivity contribution in [1.82, 2.24) is 0 Å². The lowest BCUT2D eigenvalue weighted by molar-refractivity contribution is -0.161. The second-order valence-electron chi connectivity index (χ2n) is 26.4. The van der Waals surface area contributed by atoms with Gasteiger partial charge in [0.1, 0.15) is 19.3 Å². The molecule has 0 aromatic rings. The fraction of sp³-hybridized carbons (Fsp3) is 0.942. The lowest BCUT2D eigenvalue weighted by Gasteiger charge is -2.21. The van der Waals surface area contributed by atoms with Crippen molar-refractivity contribution in [3.8, 4) is 0 Å². The maximum atomic E-state index is 13.0. The van der Waals surface area contributed by atoms with Crippen molar-refractivity contribution in [1.29, 1.82) is 0 Å². The second-order valence-corrected chi connectivity index (χ2v) is 29.3. The molecule has 0 aliphatic carbocycles. The summed E-state index contributed by atoms with van der Waals surface area (Å²) in [5.41, 5.74) is 0. The maximum Gasteiger partial charge on any atom is 0.472 e. The molecule has 0 aliphatic heterocycles. The monoisotopic (exact) mass is 1300 g/mol. The first-order valence-electron chi connectivity index (χ1n) is 35.8. The van der Waals surface area contributed by atoms with E-state index in [0.717, 1.165) is 114 Å². The molecule has 0 radical (unpaired) electrons. The van der Waals surface area contributed by atoms with Gasteiger partial charge in [-0.15, -0.1) is 0 Å². The summed E-state index contributed by atoms with van der Waals surface area (Å²) in [7, 11) is -9.90.